The largest absolute Gasteiger partial charge is 0.489 e. The summed E-state index contributed by atoms with van der Waals surface area (Å²) in [6.45, 7) is 1.24. The van der Waals surface area contributed by atoms with E-state index in [4.69, 9.17) is 39.5 Å². The third-order valence-corrected chi connectivity index (χ3v) is 8.13. The van der Waals surface area contributed by atoms with Gasteiger partial charge in [-0.05, 0) is 91.7 Å². The van der Waals surface area contributed by atoms with Crippen LogP contribution in [0, 0.1) is 23.7 Å². The van der Waals surface area contributed by atoms with E-state index in [0.717, 1.165) is 52.1 Å². The maximum absolute atomic E-state index is 6.30. The average Bonchev–Trinajstić information content (AvgIpc) is 2.69. The number of benzene rings is 2. The first-order valence-electron chi connectivity index (χ1n) is 10.6. The van der Waals surface area contributed by atoms with E-state index in [9.17, 15) is 0 Å². The molecule has 154 valence electrons. The Bertz CT molecular complexity index is 872. The van der Waals surface area contributed by atoms with E-state index < -0.39 is 0 Å². The molecule has 4 saturated carbocycles. The van der Waals surface area contributed by atoms with Crippen LogP contribution in [0.4, 0.5) is 0 Å². The molecule has 2 aromatic carbocycles. The fourth-order valence-electron chi connectivity index (χ4n) is 6.10. The number of ether oxygens (including phenoxy) is 1. The highest BCUT2D eigenvalue weighted by atomic mass is 35.5. The lowest BCUT2D eigenvalue weighted by Gasteiger charge is -2.54. The van der Waals surface area contributed by atoms with Gasteiger partial charge < -0.3 is 10.1 Å². The molecule has 5 heteroatoms. The first-order valence-corrected chi connectivity index (χ1v) is 11.8. The maximum Gasteiger partial charge on any atom is 0.124 e. The van der Waals surface area contributed by atoms with E-state index in [0.29, 0.717) is 22.7 Å². The Kier molecular flexibility index (Phi) is 5.73. The van der Waals surface area contributed by atoms with Crippen molar-refractivity contribution in [1.29, 1.82) is 0 Å². The van der Waals surface area contributed by atoms with Crippen LogP contribution in [0.1, 0.15) is 43.2 Å². The quantitative estimate of drug-likeness (QED) is 0.505. The fraction of sp³-hybridized carbons (Fsp3) is 0.500. The highest BCUT2D eigenvalue weighted by Gasteiger charge is 2.47. The summed E-state index contributed by atoms with van der Waals surface area (Å²) in [5, 5.41) is 5.74. The molecule has 0 spiro atoms. The van der Waals surface area contributed by atoms with Crippen molar-refractivity contribution in [3.8, 4) is 5.75 Å². The van der Waals surface area contributed by atoms with Crippen LogP contribution in [0.15, 0.2) is 36.4 Å². The average molecular weight is 451 g/mol. The zero-order valence-corrected chi connectivity index (χ0v) is 18.6. The molecule has 0 heterocycles. The molecule has 0 unspecified atom stereocenters. The molecule has 0 amide bonds. The van der Waals surface area contributed by atoms with Crippen molar-refractivity contribution < 1.29 is 4.74 Å². The van der Waals surface area contributed by atoms with Gasteiger partial charge in [0.25, 0.3) is 0 Å². The minimum absolute atomic E-state index is 0.448. The zero-order chi connectivity index (χ0) is 20.0. The molecular weight excluding hydrogens is 425 g/mol. The molecule has 1 N–H and O–H groups in total. The predicted molar refractivity (Wildman–Crippen MR) is 120 cm³/mol. The summed E-state index contributed by atoms with van der Waals surface area (Å²) < 4.78 is 6.13. The van der Waals surface area contributed by atoms with Crippen LogP contribution in [-0.2, 0) is 13.2 Å². The number of nitrogens with one attached hydrogen (secondary N) is 1. The topological polar surface area (TPSA) is 21.3 Å². The van der Waals surface area contributed by atoms with Gasteiger partial charge in [-0.1, -0.05) is 40.9 Å². The van der Waals surface area contributed by atoms with Gasteiger partial charge in [-0.15, -0.1) is 0 Å². The molecule has 4 fully saturated rings. The molecule has 29 heavy (non-hydrogen) atoms. The Morgan fingerprint density at radius 1 is 0.828 bits per heavy atom. The van der Waals surface area contributed by atoms with Crippen molar-refractivity contribution in [1.82, 2.24) is 5.32 Å². The Balaban J connectivity index is 1.26. The van der Waals surface area contributed by atoms with Crippen LogP contribution in [-0.4, -0.2) is 6.04 Å². The maximum atomic E-state index is 6.30. The molecule has 0 aliphatic heterocycles. The van der Waals surface area contributed by atoms with E-state index in [1.54, 1.807) is 6.07 Å². The number of hydrogen-bond donors (Lipinski definition) is 1. The Morgan fingerprint density at radius 3 is 2.24 bits per heavy atom. The summed E-state index contributed by atoms with van der Waals surface area (Å²) in [6.07, 6.45) is 7.16. The summed E-state index contributed by atoms with van der Waals surface area (Å²) in [6, 6.07) is 12.1. The third-order valence-electron chi connectivity index (χ3n) is 7.16. The fourth-order valence-corrected chi connectivity index (χ4v) is 6.62. The smallest absolute Gasteiger partial charge is 0.124 e. The highest BCUT2D eigenvalue weighted by molar-refractivity contribution is 6.42. The van der Waals surface area contributed by atoms with Crippen LogP contribution in [0.2, 0.25) is 15.1 Å². The van der Waals surface area contributed by atoms with Crippen molar-refractivity contribution in [3.63, 3.8) is 0 Å². The van der Waals surface area contributed by atoms with Gasteiger partial charge in [-0.3, -0.25) is 0 Å². The Morgan fingerprint density at radius 2 is 1.55 bits per heavy atom. The summed E-state index contributed by atoms with van der Waals surface area (Å²) >= 11 is 18.4. The van der Waals surface area contributed by atoms with Gasteiger partial charge in [0, 0.05) is 23.2 Å². The van der Waals surface area contributed by atoms with E-state index in [1.807, 2.05) is 30.3 Å². The van der Waals surface area contributed by atoms with Gasteiger partial charge in [0.05, 0.1) is 10.0 Å². The van der Waals surface area contributed by atoms with Gasteiger partial charge in [0.15, 0.2) is 0 Å². The van der Waals surface area contributed by atoms with Crippen molar-refractivity contribution in [3.05, 3.63) is 62.6 Å². The van der Waals surface area contributed by atoms with Crippen LogP contribution in [0.5, 0.6) is 5.75 Å². The molecule has 0 radical (unpaired) electrons. The second-order valence-electron chi connectivity index (χ2n) is 9.13. The Labute approximate surface area is 187 Å². The molecule has 2 aromatic rings. The molecule has 4 aliphatic rings. The van der Waals surface area contributed by atoms with E-state index >= 15 is 0 Å². The lowest BCUT2D eigenvalue weighted by molar-refractivity contribution is -0.0143. The van der Waals surface area contributed by atoms with Crippen LogP contribution in [0.3, 0.4) is 0 Å². The first-order chi connectivity index (χ1) is 14.0. The van der Waals surface area contributed by atoms with E-state index in [-0.39, 0.29) is 0 Å². The molecule has 6 rings (SSSR count). The Hall–Kier alpha value is -0.930. The number of rotatable bonds is 6. The second-order valence-corrected chi connectivity index (χ2v) is 10.4. The summed E-state index contributed by atoms with van der Waals surface area (Å²) in [5.74, 6) is 4.56. The third kappa shape index (κ3) is 4.28. The first kappa shape index (κ1) is 20.0. The highest BCUT2D eigenvalue weighted by Crippen LogP contribution is 2.53. The monoisotopic (exact) mass is 449 g/mol. The van der Waals surface area contributed by atoms with Crippen molar-refractivity contribution >= 4 is 34.8 Å². The van der Waals surface area contributed by atoms with Crippen LogP contribution in [0.25, 0.3) is 0 Å². The molecule has 4 bridgehead atoms. The SMILES string of the molecule is Clc1ccc(OCc2ccc(Cl)c(Cl)c2)c(CNC2C3CC4CC(C3)CC2C4)c1. The van der Waals surface area contributed by atoms with E-state index in [1.165, 1.54) is 32.1 Å². The summed E-state index contributed by atoms with van der Waals surface area (Å²) in [7, 11) is 0. The summed E-state index contributed by atoms with van der Waals surface area (Å²) in [5.41, 5.74) is 2.11. The van der Waals surface area contributed by atoms with Crippen LogP contribution >= 0.6 is 34.8 Å². The van der Waals surface area contributed by atoms with Gasteiger partial charge in [-0.25, -0.2) is 0 Å². The van der Waals surface area contributed by atoms with Gasteiger partial charge >= 0.3 is 0 Å². The van der Waals surface area contributed by atoms with E-state index in [2.05, 4.69) is 5.32 Å². The van der Waals surface area contributed by atoms with Gasteiger partial charge in [0.1, 0.15) is 12.4 Å². The van der Waals surface area contributed by atoms with Crippen molar-refractivity contribution in [2.45, 2.75) is 51.3 Å². The molecule has 4 aliphatic carbocycles. The minimum Gasteiger partial charge on any atom is -0.489 e. The zero-order valence-electron chi connectivity index (χ0n) is 16.3. The molecule has 2 nitrogen and oxygen atoms in total. The molecule has 0 saturated heterocycles. The van der Waals surface area contributed by atoms with Gasteiger partial charge in [0.2, 0.25) is 0 Å². The van der Waals surface area contributed by atoms with Crippen molar-refractivity contribution in [2.24, 2.45) is 23.7 Å². The van der Waals surface area contributed by atoms with Gasteiger partial charge in [-0.2, -0.15) is 0 Å². The standard InChI is InChI=1S/C24H26Cl3NO/c25-20-2-4-23(29-13-14-1-3-21(26)22(27)10-14)19(11-20)12-28-24-17-6-15-5-16(8-17)9-18(24)7-15/h1-4,10-11,15-18,24,28H,5-9,12-13H2. The molecule has 0 atom stereocenters. The normalized spacial score (nSPS) is 30.0. The minimum atomic E-state index is 0.448. The lowest BCUT2D eigenvalue weighted by Crippen LogP contribution is -2.54. The predicted octanol–water partition coefficient (Wildman–Crippen LogP) is 7.14. The summed E-state index contributed by atoms with van der Waals surface area (Å²) in [4.78, 5) is 0. The number of hydrogen-bond acceptors (Lipinski definition) is 2. The number of halogens is 3. The van der Waals surface area contributed by atoms with Crippen molar-refractivity contribution in [2.75, 3.05) is 0 Å². The second kappa shape index (κ2) is 8.30. The molecule has 0 aromatic heterocycles. The molecular formula is C24H26Cl3NO. The van der Waals surface area contributed by atoms with Crippen LogP contribution < -0.4 is 10.1 Å². The lowest BCUT2D eigenvalue weighted by atomic mass is 9.54.